The minimum Gasteiger partial charge on any atom is -0.438 e. The predicted octanol–water partition coefficient (Wildman–Crippen LogP) is 2.18. The van der Waals surface area contributed by atoms with Crippen LogP contribution in [0.2, 0.25) is 0 Å². The summed E-state index contributed by atoms with van der Waals surface area (Å²) in [6.45, 7) is 5.46. The SMILES string of the molecule is CCC1c2nccn2CCCN1C(=O)c1ocnc1C. The van der Waals surface area contributed by atoms with Gasteiger partial charge in [-0.1, -0.05) is 6.92 Å². The van der Waals surface area contributed by atoms with E-state index < -0.39 is 0 Å². The topological polar surface area (TPSA) is 64.2 Å². The highest BCUT2D eigenvalue weighted by molar-refractivity contribution is 5.92. The van der Waals surface area contributed by atoms with E-state index in [4.69, 9.17) is 4.42 Å². The van der Waals surface area contributed by atoms with Crippen molar-refractivity contribution in [3.8, 4) is 0 Å². The molecule has 6 heteroatoms. The quantitative estimate of drug-likeness (QED) is 0.842. The van der Waals surface area contributed by atoms with Crippen LogP contribution in [-0.2, 0) is 6.54 Å². The maximum Gasteiger partial charge on any atom is 0.292 e. The Balaban J connectivity index is 1.96. The van der Waals surface area contributed by atoms with Gasteiger partial charge in [-0.25, -0.2) is 9.97 Å². The smallest absolute Gasteiger partial charge is 0.292 e. The van der Waals surface area contributed by atoms with Gasteiger partial charge in [-0.05, 0) is 19.8 Å². The lowest BCUT2D eigenvalue weighted by Crippen LogP contribution is -2.35. The van der Waals surface area contributed by atoms with Gasteiger partial charge in [0.25, 0.3) is 5.91 Å². The fraction of sp³-hybridized carbons (Fsp3) is 0.500. The average Bonchev–Trinajstić information content (AvgIpc) is 3.03. The standard InChI is InChI=1S/C14H18N4O2/c1-3-11-13-15-5-8-17(13)6-4-7-18(11)14(19)12-10(2)16-9-20-12/h5,8-9,11H,3-4,6-7H2,1-2H3. The third kappa shape index (κ3) is 2.01. The van der Waals surface area contributed by atoms with Gasteiger partial charge in [0.1, 0.15) is 5.82 Å². The zero-order chi connectivity index (χ0) is 14.1. The number of aromatic nitrogens is 3. The monoisotopic (exact) mass is 274 g/mol. The van der Waals surface area contributed by atoms with Gasteiger partial charge in [-0.3, -0.25) is 4.79 Å². The van der Waals surface area contributed by atoms with Crippen molar-refractivity contribution in [3.05, 3.63) is 36.1 Å². The fourth-order valence-corrected chi connectivity index (χ4v) is 2.80. The molecule has 0 bridgehead atoms. The van der Waals surface area contributed by atoms with E-state index >= 15 is 0 Å². The molecule has 20 heavy (non-hydrogen) atoms. The van der Waals surface area contributed by atoms with Gasteiger partial charge in [0.2, 0.25) is 5.76 Å². The Morgan fingerprint density at radius 2 is 2.30 bits per heavy atom. The van der Waals surface area contributed by atoms with Crippen LogP contribution in [0.4, 0.5) is 0 Å². The molecule has 2 aromatic heterocycles. The number of hydrogen-bond donors (Lipinski definition) is 0. The van der Waals surface area contributed by atoms with Crippen LogP contribution < -0.4 is 0 Å². The van der Waals surface area contributed by atoms with E-state index in [2.05, 4.69) is 21.5 Å². The second-order valence-electron chi connectivity index (χ2n) is 5.02. The molecule has 0 aromatic carbocycles. The Bertz CT molecular complexity index is 616. The second kappa shape index (κ2) is 5.11. The molecule has 0 spiro atoms. The van der Waals surface area contributed by atoms with E-state index in [0.29, 0.717) is 18.0 Å². The van der Waals surface area contributed by atoms with Crippen LogP contribution in [0.15, 0.2) is 23.2 Å². The zero-order valence-corrected chi connectivity index (χ0v) is 11.7. The summed E-state index contributed by atoms with van der Waals surface area (Å²) in [5.41, 5.74) is 0.637. The minimum absolute atomic E-state index is 0.00972. The second-order valence-corrected chi connectivity index (χ2v) is 5.02. The molecule has 2 aromatic rings. The number of fused-ring (bicyclic) bond motifs is 1. The highest BCUT2D eigenvalue weighted by Crippen LogP contribution is 2.28. The number of nitrogens with zero attached hydrogens (tertiary/aromatic N) is 4. The van der Waals surface area contributed by atoms with Gasteiger partial charge in [0, 0.05) is 25.5 Å². The first-order valence-corrected chi connectivity index (χ1v) is 6.94. The lowest BCUT2D eigenvalue weighted by atomic mass is 10.1. The predicted molar refractivity (Wildman–Crippen MR) is 72.2 cm³/mol. The first-order chi connectivity index (χ1) is 9.72. The Hall–Kier alpha value is -2.11. The Morgan fingerprint density at radius 3 is 3.00 bits per heavy atom. The van der Waals surface area contributed by atoms with E-state index in [-0.39, 0.29) is 11.9 Å². The summed E-state index contributed by atoms with van der Waals surface area (Å²) in [5.74, 6) is 1.20. The van der Waals surface area contributed by atoms with Crippen molar-refractivity contribution in [3.63, 3.8) is 0 Å². The van der Waals surface area contributed by atoms with Crippen LogP contribution in [-0.4, -0.2) is 31.9 Å². The third-order valence-electron chi connectivity index (χ3n) is 3.81. The first kappa shape index (κ1) is 12.9. The highest BCUT2D eigenvalue weighted by Gasteiger charge is 2.32. The molecule has 1 atom stereocenters. The molecule has 0 saturated carbocycles. The maximum absolute atomic E-state index is 12.7. The third-order valence-corrected chi connectivity index (χ3v) is 3.81. The van der Waals surface area contributed by atoms with E-state index in [1.54, 1.807) is 13.1 Å². The van der Waals surface area contributed by atoms with E-state index in [1.165, 1.54) is 6.39 Å². The molecule has 1 aliphatic heterocycles. The lowest BCUT2D eigenvalue weighted by Gasteiger charge is -2.27. The molecule has 1 unspecified atom stereocenters. The Morgan fingerprint density at radius 1 is 1.45 bits per heavy atom. The molecule has 0 N–H and O–H groups in total. The summed E-state index contributed by atoms with van der Waals surface area (Å²) < 4.78 is 7.39. The van der Waals surface area contributed by atoms with Crippen LogP contribution >= 0.6 is 0 Å². The van der Waals surface area contributed by atoms with E-state index in [0.717, 1.165) is 25.2 Å². The largest absolute Gasteiger partial charge is 0.438 e. The number of rotatable bonds is 2. The summed E-state index contributed by atoms with van der Waals surface area (Å²) in [6, 6.07) is -0.00972. The molecule has 1 amide bonds. The molecular weight excluding hydrogens is 256 g/mol. The molecular formula is C14H18N4O2. The molecule has 106 valence electrons. The molecule has 0 saturated heterocycles. The minimum atomic E-state index is -0.0942. The van der Waals surface area contributed by atoms with Gasteiger partial charge in [-0.2, -0.15) is 0 Å². The van der Waals surface area contributed by atoms with Crippen molar-refractivity contribution in [1.29, 1.82) is 0 Å². The van der Waals surface area contributed by atoms with Crippen molar-refractivity contribution in [2.24, 2.45) is 0 Å². The summed E-state index contributed by atoms with van der Waals surface area (Å²) >= 11 is 0. The summed E-state index contributed by atoms with van der Waals surface area (Å²) in [7, 11) is 0. The van der Waals surface area contributed by atoms with Crippen molar-refractivity contribution in [1.82, 2.24) is 19.4 Å². The lowest BCUT2D eigenvalue weighted by molar-refractivity contribution is 0.0637. The normalized spacial score (nSPS) is 18.7. The van der Waals surface area contributed by atoms with Crippen LogP contribution in [0.1, 0.15) is 47.9 Å². The van der Waals surface area contributed by atoms with Gasteiger partial charge >= 0.3 is 0 Å². The number of imidazole rings is 1. The Kier molecular flexibility index (Phi) is 3.30. The van der Waals surface area contributed by atoms with E-state index in [9.17, 15) is 4.79 Å². The Labute approximate surface area is 117 Å². The molecule has 3 rings (SSSR count). The molecule has 3 heterocycles. The maximum atomic E-state index is 12.7. The number of oxazole rings is 1. The van der Waals surface area contributed by atoms with Crippen LogP contribution in [0.25, 0.3) is 0 Å². The molecule has 6 nitrogen and oxygen atoms in total. The number of carbonyl (C=O) groups is 1. The fourth-order valence-electron chi connectivity index (χ4n) is 2.80. The van der Waals surface area contributed by atoms with Crippen molar-refractivity contribution in [2.45, 2.75) is 39.3 Å². The van der Waals surface area contributed by atoms with Gasteiger partial charge < -0.3 is 13.9 Å². The van der Waals surface area contributed by atoms with Gasteiger partial charge in [-0.15, -0.1) is 0 Å². The number of carbonyl (C=O) groups excluding carboxylic acids is 1. The van der Waals surface area contributed by atoms with Crippen molar-refractivity contribution >= 4 is 5.91 Å². The molecule has 0 radical (unpaired) electrons. The van der Waals surface area contributed by atoms with Crippen LogP contribution in [0.5, 0.6) is 0 Å². The van der Waals surface area contributed by atoms with Gasteiger partial charge in [0.15, 0.2) is 6.39 Å². The van der Waals surface area contributed by atoms with Crippen molar-refractivity contribution < 1.29 is 9.21 Å². The molecule has 1 aliphatic rings. The zero-order valence-electron chi connectivity index (χ0n) is 11.7. The van der Waals surface area contributed by atoms with Crippen LogP contribution in [0.3, 0.4) is 0 Å². The summed E-state index contributed by atoms with van der Waals surface area (Å²) in [5, 5.41) is 0. The average molecular weight is 274 g/mol. The van der Waals surface area contributed by atoms with Crippen molar-refractivity contribution in [2.75, 3.05) is 6.54 Å². The number of aryl methyl sites for hydroxylation is 2. The molecule has 0 fully saturated rings. The number of hydrogen-bond acceptors (Lipinski definition) is 4. The summed E-state index contributed by atoms with van der Waals surface area (Å²) in [4.78, 5) is 23.0. The highest BCUT2D eigenvalue weighted by atomic mass is 16.3. The van der Waals surface area contributed by atoms with Crippen LogP contribution in [0, 0.1) is 6.92 Å². The summed E-state index contributed by atoms with van der Waals surface area (Å²) in [6.07, 6.45) is 6.84. The van der Waals surface area contributed by atoms with Gasteiger partial charge in [0.05, 0.1) is 11.7 Å². The van der Waals surface area contributed by atoms with E-state index in [1.807, 2.05) is 11.1 Å². The molecule has 0 aliphatic carbocycles. The first-order valence-electron chi connectivity index (χ1n) is 6.94. The number of amides is 1.